The van der Waals surface area contributed by atoms with E-state index in [2.05, 4.69) is 10.0 Å². The average molecular weight is 488 g/mol. The molecule has 2 amide bonds. The summed E-state index contributed by atoms with van der Waals surface area (Å²) in [7, 11) is -3.86. The zero-order valence-corrected chi connectivity index (χ0v) is 20.5. The molecule has 1 fully saturated rings. The van der Waals surface area contributed by atoms with Gasteiger partial charge in [-0.1, -0.05) is 62.4 Å². The van der Waals surface area contributed by atoms with Crippen molar-refractivity contribution in [3.05, 3.63) is 66.2 Å². The molecule has 1 saturated heterocycles. The minimum atomic E-state index is -3.86. The minimum absolute atomic E-state index is 0.0782. The second-order valence-electron chi connectivity index (χ2n) is 8.71. The SMILES string of the molecule is CC(C)C(C(=O)NCc1ccccc1)N(CC1CCCO1)C(=O)CNS(=O)(=O)c1ccccc1. The maximum Gasteiger partial charge on any atom is 0.243 e. The van der Waals surface area contributed by atoms with E-state index in [1.165, 1.54) is 17.0 Å². The lowest BCUT2D eigenvalue weighted by Crippen LogP contribution is -2.56. The summed E-state index contributed by atoms with van der Waals surface area (Å²) < 4.78 is 33.3. The summed E-state index contributed by atoms with van der Waals surface area (Å²) in [5.74, 6) is -0.938. The normalized spacial score (nSPS) is 16.9. The smallest absolute Gasteiger partial charge is 0.243 e. The molecule has 1 aliphatic rings. The van der Waals surface area contributed by atoms with Gasteiger partial charge in [0.25, 0.3) is 0 Å². The summed E-state index contributed by atoms with van der Waals surface area (Å²) >= 11 is 0. The maximum absolute atomic E-state index is 13.3. The van der Waals surface area contributed by atoms with Crippen molar-refractivity contribution >= 4 is 21.8 Å². The van der Waals surface area contributed by atoms with Crippen molar-refractivity contribution in [3.63, 3.8) is 0 Å². The summed E-state index contributed by atoms with van der Waals surface area (Å²) in [6, 6.07) is 16.6. The molecule has 0 radical (unpaired) electrons. The predicted molar refractivity (Wildman–Crippen MR) is 129 cm³/mol. The van der Waals surface area contributed by atoms with Crippen LogP contribution in [0.1, 0.15) is 32.3 Å². The van der Waals surface area contributed by atoms with Crippen molar-refractivity contribution < 1.29 is 22.7 Å². The Balaban J connectivity index is 1.74. The number of carbonyl (C=O) groups excluding carboxylic acids is 2. The van der Waals surface area contributed by atoms with Crippen LogP contribution in [0.3, 0.4) is 0 Å². The lowest BCUT2D eigenvalue weighted by molar-refractivity contribution is -0.143. The highest BCUT2D eigenvalue weighted by atomic mass is 32.2. The Morgan fingerprint density at radius 1 is 1.06 bits per heavy atom. The molecule has 2 aromatic rings. The van der Waals surface area contributed by atoms with Crippen molar-refractivity contribution in [1.29, 1.82) is 0 Å². The molecule has 0 saturated carbocycles. The molecule has 2 N–H and O–H groups in total. The lowest BCUT2D eigenvalue weighted by Gasteiger charge is -2.35. The van der Waals surface area contributed by atoms with Gasteiger partial charge in [-0.15, -0.1) is 0 Å². The van der Waals surface area contributed by atoms with Crippen molar-refractivity contribution in [2.24, 2.45) is 5.92 Å². The van der Waals surface area contributed by atoms with Gasteiger partial charge in [0.15, 0.2) is 0 Å². The first kappa shape index (κ1) is 25.9. The highest BCUT2D eigenvalue weighted by Gasteiger charge is 2.35. The van der Waals surface area contributed by atoms with Gasteiger partial charge in [-0.25, -0.2) is 13.1 Å². The van der Waals surface area contributed by atoms with Gasteiger partial charge >= 0.3 is 0 Å². The van der Waals surface area contributed by atoms with E-state index in [-0.39, 0.29) is 29.4 Å². The maximum atomic E-state index is 13.3. The molecule has 184 valence electrons. The summed E-state index contributed by atoms with van der Waals surface area (Å²) in [4.78, 5) is 28.1. The number of ether oxygens (including phenoxy) is 1. The Hall–Kier alpha value is -2.75. The number of amides is 2. The Bertz CT molecular complexity index is 1040. The van der Waals surface area contributed by atoms with Crippen molar-refractivity contribution in [2.75, 3.05) is 19.7 Å². The van der Waals surface area contributed by atoms with Crippen LogP contribution in [0.5, 0.6) is 0 Å². The zero-order chi connectivity index (χ0) is 24.6. The Morgan fingerprint density at radius 3 is 2.29 bits per heavy atom. The number of nitrogens with one attached hydrogen (secondary N) is 2. The largest absolute Gasteiger partial charge is 0.376 e. The van der Waals surface area contributed by atoms with Crippen LogP contribution >= 0.6 is 0 Å². The topological polar surface area (TPSA) is 105 Å². The summed E-state index contributed by atoms with van der Waals surface area (Å²) in [6.45, 7) is 4.48. The summed E-state index contributed by atoms with van der Waals surface area (Å²) in [5.41, 5.74) is 0.950. The summed E-state index contributed by atoms with van der Waals surface area (Å²) in [6.07, 6.45) is 1.49. The summed E-state index contributed by atoms with van der Waals surface area (Å²) in [5, 5.41) is 2.93. The third-order valence-corrected chi connectivity index (χ3v) is 7.17. The van der Waals surface area contributed by atoms with Crippen molar-refractivity contribution in [3.8, 4) is 0 Å². The molecule has 9 heteroatoms. The van der Waals surface area contributed by atoms with Crippen LogP contribution in [0.2, 0.25) is 0 Å². The van der Waals surface area contributed by atoms with Crippen LogP contribution in [-0.2, 0) is 30.9 Å². The van der Waals surface area contributed by atoms with E-state index in [1.54, 1.807) is 18.2 Å². The molecule has 2 atom stereocenters. The molecule has 2 unspecified atom stereocenters. The molecule has 34 heavy (non-hydrogen) atoms. The van der Waals surface area contributed by atoms with Crippen molar-refractivity contribution in [1.82, 2.24) is 14.9 Å². The fourth-order valence-electron chi connectivity index (χ4n) is 4.01. The standard InChI is InChI=1S/C25H33N3O5S/c1-19(2)24(25(30)26-16-20-10-5-3-6-11-20)28(18-21-12-9-15-33-21)23(29)17-27-34(31,32)22-13-7-4-8-14-22/h3-8,10-11,13-14,19,21,24,27H,9,12,15-18H2,1-2H3,(H,26,30). The van der Waals surface area contributed by atoms with E-state index in [4.69, 9.17) is 4.74 Å². The van der Waals surface area contributed by atoms with E-state index in [0.29, 0.717) is 13.2 Å². The zero-order valence-electron chi connectivity index (χ0n) is 19.6. The van der Waals surface area contributed by atoms with E-state index in [9.17, 15) is 18.0 Å². The molecule has 0 bridgehead atoms. The van der Waals surface area contributed by atoms with Crippen molar-refractivity contribution in [2.45, 2.75) is 50.3 Å². The molecule has 0 spiro atoms. The van der Waals surface area contributed by atoms with Crippen LogP contribution in [0.15, 0.2) is 65.6 Å². The van der Waals surface area contributed by atoms with E-state index in [1.807, 2.05) is 44.2 Å². The second-order valence-corrected chi connectivity index (χ2v) is 10.5. The van der Waals surface area contributed by atoms with Crippen LogP contribution in [0.25, 0.3) is 0 Å². The van der Waals surface area contributed by atoms with Gasteiger partial charge < -0.3 is 15.0 Å². The molecule has 1 aliphatic heterocycles. The number of sulfonamides is 1. The van der Waals surface area contributed by atoms with Crippen LogP contribution in [0.4, 0.5) is 0 Å². The van der Waals surface area contributed by atoms with Gasteiger partial charge in [-0.3, -0.25) is 9.59 Å². The quantitative estimate of drug-likeness (QED) is 0.506. The molecular formula is C25H33N3O5S. The highest BCUT2D eigenvalue weighted by Crippen LogP contribution is 2.19. The van der Waals surface area contributed by atoms with Gasteiger partial charge in [0, 0.05) is 19.7 Å². The molecule has 2 aromatic carbocycles. The number of nitrogens with zero attached hydrogens (tertiary/aromatic N) is 1. The monoisotopic (exact) mass is 487 g/mol. The number of rotatable bonds is 11. The lowest BCUT2D eigenvalue weighted by atomic mass is 10.00. The Kier molecular flexibility index (Phi) is 9.20. The molecule has 8 nitrogen and oxygen atoms in total. The van der Waals surface area contributed by atoms with Crippen LogP contribution < -0.4 is 10.0 Å². The predicted octanol–water partition coefficient (Wildman–Crippen LogP) is 2.31. The highest BCUT2D eigenvalue weighted by molar-refractivity contribution is 7.89. The first-order valence-corrected chi connectivity index (χ1v) is 13.0. The average Bonchev–Trinajstić information content (AvgIpc) is 3.35. The van der Waals surface area contributed by atoms with Gasteiger partial charge in [-0.2, -0.15) is 0 Å². The van der Waals surface area contributed by atoms with Crippen LogP contribution in [0, 0.1) is 5.92 Å². The third kappa shape index (κ3) is 7.12. The fourth-order valence-corrected chi connectivity index (χ4v) is 5.01. The molecule has 3 rings (SSSR count). The van der Waals surface area contributed by atoms with Gasteiger partial charge in [0.05, 0.1) is 17.5 Å². The van der Waals surface area contributed by atoms with E-state index in [0.717, 1.165) is 18.4 Å². The van der Waals surface area contributed by atoms with Gasteiger partial charge in [-0.05, 0) is 36.5 Å². The molecular weight excluding hydrogens is 454 g/mol. The number of benzene rings is 2. The van der Waals surface area contributed by atoms with E-state index >= 15 is 0 Å². The second kappa shape index (κ2) is 12.1. The minimum Gasteiger partial charge on any atom is -0.376 e. The number of hydrogen-bond acceptors (Lipinski definition) is 5. The molecule has 0 aromatic heterocycles. The number of hydrogen-bond donors (Lipinski definition) is 2. The van der Waals surface area contributed by atoms with E-state index < -0.39 is 28.5 Å². The number of carbonyl (C=O) groups is 2. The Labute approximate surface area is 201 Å². The van der Waals surface area contributed by atoms with Crippen LogP contribution in [-0.4, -0.2) is 57.0 Å². The molecule has 0 aliphatic carbocycles. The fraction of sp³-hybridized carbons (Fsp3) is 0.440. The first-order valence-electron chi connectivity index (χ1n) is 11.6. The van der Waals surface area contributed by atoms with Gasteiger partial charge in [0.2, 0.25) is 21.8 Å². The van der Waals surface area contributed by atoms with Gasteiger partial charge in [0.1, 0.15) is 6.04 Å². The third-order valence-electron chi connectivity index (χ3n) is 5.76. The Morgan fingerprint density at radius 2 is 1.71 bits per heavy atom. The molecule has 1 heterocycles. The first-order chi connectivity index (χ1) is 16.3.